The van der Waals surface area contributed by atoms with Crippen LogP contribution in [0.25, 0.3) is 0 Å². The van der Waals surface area contributed by atoms with Gasteiger partial charge in [0.2, 0.25) is 0 Å². The number of ether oxygens (including phenoxy) is 3. The van der Waals surface area contributed by atoms with Crippen molar-refractivity contribution in [3.05, 3.63) is 82.6 Å². The van der Waals surface area contributed by atoms with E-state index in [0.29, 0.717) is 34.4 Å². The first-order valence-electron chi connectivity index (χ1n) is 8.71. The quantitative estimate of drug-likeness (QED) is 0.526. The number of methoxy groups -OCH3 is 2. The van der Waals surface area contributed by atoms with Gasteiger partial charge < -0.3 is 19.5 Å². The molecule has 0 aromatic heterocycles. The van der Waals surface area contributed by atoms with Crippen LogP contribution in [0.5, 0.6) is 17.2 Å². The van der Waals surface area contributed by atoms with Gasteiger partial charge in [0.25, 0.3) is 0 Å². The lowest BCUT2D eigenvalue weighted by atomic mass is 10.2. The predicted molar refractivity (Wildman–Crippen MR) is 109 cm³/mol. The molecule has 0 heterocycles. The largest absolute Gasteiger partial charge is 0.495 e. The Hall–Kier alpha value is -2.92. The number of rotatable bonds is 8. The second-order valence-corrected chi connectivity index (χ2v) is 6.48. The molecule has 0 saturated carbocycles. The molecule has 0 radical (unpaired) electrons. The molecule has 0 atom stereocenters. The zero-order valence-corrected chi connectivity index (χ0v) is 16.4. The number of anilines is 1. The molecular weight excluding hydrogens is 381 g/mol. The van der Waals surface area contributed by atoms with E-state index in [1.807, 2.05) is 36.4 Å². The first-order chi connectivity index (χ1) is 13.6. The van der Waals surface area contributed by atoms with Crippen molar-refractivity contribution in [3.63, 3.8) is 0 Å². The Kier molecular flexibility index (Phi) is 6.61. The highest BCUT2D eigenvalue weighted by atomic mass is 35.5. The molecule has 146 valence electrons. The van der Waals surface area contributed by atoms with E-state index in [-0.39, 0.29) is 12.4 Å². The number of benzene rings is 3. The lowest BCUT2D eigenvalue weighted by molar-refractivity contribution is 0.279. The van der Waals surface area contributed by atoms with E-state index >= 15 is 0 Å². The average molecular weight is 402 g/mol. The van der Waals surface area contributed by atoms with Gasteiger partial charge in [-0.3, -0.25) is 0 Å². The Balaban J connectivity index is 1.65. The minimum absolute atomic E-state index is 0.130. The maximum Gasteiger partial charge on any atom is 0.161 e. The molecule has 0 fully saturated rings. The molecule has 3 aromatic carbocycles. The van der Waals surface area contributed by atoms with Crippen LogP contribution in [-0.4, -0.2) is 14.2 Å². The summed E-state index contributed by atoms with van der Waals surface area (Å²) in [5.41, 5.74) is 2.37. The van der Waals surface area contributed by atoms with Crippen molar-refractivity contribution in [2.45, 2.75) is 13.2 Å². The SMILES string of the molecule is COc1ccc(NCc2ccc(OCc3ccccc3F)c(OC)c2)cc1Cl. The van der Waals surface area contributed by atoms with E-state index in [9.17, 15) is 4.39 Å². The summed E-state index contributed by atoms with van der Waals surface area (Å²) in [7, 11) is 3.15. The molecule has 6 heteroatoms. The van der Waals surface area contributed by atoms with Gasteiger partial charge in [-0.05, 0) is 42.0 Å². The van der Waals surface area contributed by atoms with Crippen LogP contribution in [0.4, 0.5) is 10.1 Å². The summed E-state index contributed by atoms with van der Waals surface area (Å²) in [6, 6.07) is 17.7. The first-order valence-corrected chi connectivity index (χ1v) is 9.09. The molecule has 0 unspecified atom stereocenters. The zero-order chi connectivity index (χ0) is 19.9. The van der Waals surface area contributed by atoms with E-state index in [2.05, 4.69) is 5.32 Å². The van der Waals surface area contributed by atoms with E-state index in [1.165, 1.54) is 6.07 Å². The molecule has 0 aliphatic carbocycles. The normalized spacial score (nSPS) is 10.4. The standard InChI is InChI=1S/C22H21ClFNO3/c1-26-20-10-8-17(12-18(20)23)25-13-15-7-9-21(22(11-15)27-2)28-14-16-5-3-4-6-19(16)24/h3-12,25H,13-14H2,1-2H3. The highest BCUT2D eigenvalue weighted by Gasteiger charge is 2.09. The highest BCUT2D eigenvalue weighted by Crippen LogP contribution is 2.30. The summed E-state index contributed by atoms with van der Waals surface area (Å²) in [6.07, 6.45) is 0. The highest BCUT2D eigenvalue weighted by molar-refractivity contribution is 6.32. The van der Waals surface area contributed by atoms with Crippen molar-refractivity contribution in [2.24, 2.45) is 0 Å². The monoisotopic (exact) mass is 401 g/mol. The van der Waals surface area contributed by atoms with Crippen LogP contribution < -0.4 is 19.5 Å². The zero-order valence-electron chi connectivity index (χ0n) is 15.7. The Morgan fingerprint density at radius 3 is 2.36 bits per heavy atom. The summed E-state index contributed by atoms with van der Waals surface area (Å²) in [5, 5.41) is 3.85. The van der Waals surface area contributed by atoms with Gasteiger partial charge in [0.15, 0.2) is 11.5 Å². The second kappa shape index (κ2) is 9.33. The fourth-order valence-electron chi connectivity index (χ4n) is 2.69. The van der Waals surface area contributed by atoms with Gasteiger partial charge in [-0.15, -0.1) is 0 Å². The molecule has 0 amide bonds. The Labute approximate surface area is 168 Å². The average Bonchev–Trinajstić information content (AvgIpc) is 2.72. The van der Waals surface area contributed by atoms with Gasteiger partial charge in [-0.2, -0.15) is 0 Å². The van der Waals surface area contributed by atoms with E-state index in [1.54, 1.807) is 32.4 Å². The molecule has 0 aliphatic rings. The third kappa shape index (κ3) is 4.87. The molecule has 3 aromatic rings. The second-order valence-electron chi connectivity index (χ2n) is 6.07. The topological polar surface area (TPSA) is 39.7 Å². The van der Waals surface area contributed by atoms with E-state index in [4.69, 9.17) is 25.8 Å². The molecule has 0 spiro atoms. The molecule has 0 aliphatic heterocycles. The summed E-state index contributed by atoms with van der Waals surface area (Å²) in [6.45, 7) is 0.706. The molecule has 0 bridgehead atoms. The fraction of sp³-hybridized carbons (Fsp3) is 0.182. The number of hydrogen-bond acceptors (Lipinski definition) is 4. The van der Waals surface area contributed by atoms with Crippen LogP contribution in [0, 0.1) is 5.82 Å². The minimum Gasteiger partial charge on any atom is -0.495 e. The summed E-state index contributed by atoms with van der Waals surface area (Å²) in [5.74, 6) is 1.48. The maximum absolute atomic E-state index is 13.7. The fourth-order valence-corrected chi connectivity index (χ4v) is 2.95. The molecule has 1 N–H and O–H groups in total. The van der Waals surface area contributed by atoms with Crippen molar-refractivity contribution in [1.29, 1.82) is 0 Å². The van der Waals surface area contributed by atoms with Crippen LogP contribution in [0.2, 0.25) is 5.02 Å². The van der Waals surface area contributed by atoms with Gasteiger partial charge in [0.05, 0.1) is 19.2 Å². The Morgan fingerprint density at radius 2 is 1.64 bits per heavy atom. The summed E-state index contributed by atoms with van der Waals surface area (Å²) >= 11 is 6.15. The van der Waals surface area contributed by atoms with Gasteiger partial charge in [0.1, 0.15) is 18.2 Å². The van der Waals surface area contributed by atoms with Crippen molar-refractivity contribution >= 4 is 17.3 Å². The third-order valence-corrected chi connectivity index (χ3v) is 4.51. The number of halogens is 2. The van der Waals surface area contributed by atoms with Crippen LogP contribution >= 0.6 is 11.6 Å². The third-order valence-electron chi connectivity index (χ3n) is 4.22. The van der Waals surface area contributed by atoms with Gasteiger partial charge >= 0.3 is 0 Å². The molecule has 28 heavy (non-hydrogen) atoms. The van der Waals surface area contributed by atoms with E-state index < -0.39 is 0 Å². The minimum atomic E-state index is -0.291. The van der Waals surface area contributed by atoms with Crippen molar-refractivity contribution in [2.75, 3.05) is 19.5 Å². The Morgan fingerprint density at radius 1 is 0.893 bits per heavy atom. The first kappa shape index (κ1) is 19.8. The van der Waals surface area contributed by atoms with Crippen LogP contribution in [0.3, 0.4) is 0 Å². The molecule has 4 nitrogen and oxygen atoms in total. The molecule has 3 rings (SSSR count). The number of hydrogen-bond donors (Lipinski definition) is 1. The summed E-state index contributed by atoms with van der Waals surface area (Å²) in [4.78, 5) is 0. The van der Waals surface area contributed by atoms with E-state index in [0.717, 1.165) is 11.3 Å². The van der Waals surface area contributed by atoms with Gasteiger partial charge in [-0.1, -0.05) is 35.9 Å². The smallest absolute Gasteiger partial charge is 0.161 e. The molecular formula is C22H21ClFNO3. The Bertz CT molecular complexity index is 949. The summed E-state index contributed by atoms with van der Waals surface area (Å²) < 4.78 is 30.1. The van der Waals surface area contributed by atoms with Crippen LogP contribution in [-0.2, 0) is 13.2 Å². The van der Waals surface area contributed by atoms with Crippen molar-refractivity contribution < 1.29 is 18.6 Å². The lowest BCUT2D eigenvalue weighted by Gasteiger charge is -2.14. The number of nitrogens with one attached hydrogen (secondary N) is 1. The van der Waals surface area contributed by atoms with Gasteiger partial charge in [-0.25, -0.2) is 4.39 Å². The van der Waals surface area contributed by atoms with Crippen molar-refractivity contribution in [3.8, 4) is 17.2 Å². The maximum atomic E-state index is 13.7. The van der Waals surface area contributed by atoms with Gasteiger partial charge in [0, 0.05) is 17.8 Å². The lowest BCUT2D eigenvalue weighted by Crippen LogP contribution is -2.02. The van der Waals surface area contributed by atoms with Crippen molar-refractivity contribution in [1.82, 2.24) is 0 Å². The predicted octanol–water partition coefficient (Wildman–Crippen LogP) is 5.69. The molecule has 0 saturated heterocycles. The van der Waals surface area contributed by atoms with Crippen LogP contribution in [0.15, 0.2) is 60.7 Å². The van der Waals surface area contributed by atoms with Crippen LogP contribution in [0.1, 0.15) is 11.1 Å².